The van der Waals surface area contributed by atoms with Gasteiger partial charge in [0.15, 0.2) is 11.5 Å². The van der Waals surface area contributed by atoms with E-state index in [-0.39, 0.29) is 0 Å². The van der Waals surface area contributed by atoms with Crippen LogP contribution in [0, 0.1) is 0 Å². The Labute approximate surface area is 173 Å². The summed E-state index contributed by atoms with van der Waals surface area (Å²) in [6, 6.07) is 15.7. The van der Waals surface area contributed by atoms with E-state index in [4.69, 9.17) is 15.2 Å². The number of aryl methyl sites for hydroxylation is 1. The fraction of sp³-hybridized carbons (Fsp3) is 0.417. The van der Waals surface area contributed by atoms with Gasteiger partial charge in [-0.25, -0.2) is 9.97 Å². The maximum Gasteiger partial charge on any atom is 0.161 e. The lowest BCUT2D eigenvalue weighted by molar-refractivity contribution is 0.259. The second-order valence-electron chi connectivity index (χ2n) is 7.20. The third kappa shape index (κ3) is 6.34. The highest BCUT2D eigenvalue weighted by molar-refractivity contribution is 5.87. The molecule has 0 unspecified atom stereocenters. The number of anilines is 1. The number of hydrogen-bond donors (Lipinski definition) is 1. The van der Waals surface area contributed by atoms with Gasteiger partial charge in [0.05, 0.1) is 18.7 Å². The Morgan fingerprint density at radius 1 is 0.759 bits per heavy atom. The van der Waals surface area contributed by atoms with Crippen LogP contribution in [-0.4, -0.2) is 23.2 Å². The summed E-state index contributed by atoms with van der Waals surface area (Å²) in [6.07, 6.45) is 7.43. The van der Waals surface area contributed by atoms with Crippen molar-refractivity contribution in [3.63, 3.8) is 0 Å². The summed E-state index contributed by atoms with van der Waals surface area (Å²) in [5, 5.41) is 0.908. The van der Waals surface area contributed by atoms with E-state index >= 15 is 0 Å². The second kappa shape index (κ2) is 11.2. The molecule has 0 spiro atoms. The van der Waals surface area contributed by atoms with Crippen LogP contribution in [0.15, 0.2) is 48.5 Å². The van der Waals surface area contributed by atoms with Gasteiger partial charge in [-0.05, 0) is 43.5 Å². The fourth-order valence-electron chi connectivity index (χ4n) is 3.23. The predicted molar refractivity (Wildman–Crippen MR) is 118 cm³/mol. The average Bonchev–Trinajstić information content (AvgIpc) is 2.74. The van der Waals surface area contributed by atoms with Gasteiger partial charge in [0.2, 0.25) is 0 Å². The lowest BCUT2D eigenvalue weighted by Crippen LogP contribution is -2.04. The Balaban J connectivity index is 1.43. The summed E-state index contributed by atoms with van der Waals surface area (Å²) < 4.78 is 11.9. The van der Waals surface area contributed by atoms with E-state index < -0.39 is 0 Å². The van der Waals surface area contributed by atoms with Crippen molar-refractivity contribution >= 4 is 16.7 Å². The first kappa shape index (κ1) is 20.9. The summed E-state index contributed by atoms with van der Waals surface area (Å²) in [7, 11) is 0. The van der Waals surface area contributed by atoms with Gasteiger partial charge in [0.25, 0.3) is 0 Å². The molecule has 3 aromatic rings. The lowest BCUT2D eigenvalue weighted by atomic mass is 10.2. The Bertz CT molecular complexity index is 898. The van der Waals surface area contributed by atoms with E-state index in [1.165, 1.54) is 19.3 Å². The van der Waals surface area contributed by atoms with Gasteiger partial charge in [-0.2, -0.15) is 0 Å². The van der Waals surface area contributed by atoms with Crippen molar-refractivity contribution in [2.75, 3.05) is 18.9 Å². The Morgan fingerprint density at radius 2 is 1.41 bits per heavy atom. The predicted octanol–water partition coefficient (Wildman–Crippen LogP) is 5.57. The molecule has 29 heavy (non-hydrogen) atoms. The largest absolute Gasteiger partial charge is 0.490 e. The zero-order chi connectivity index (χ0) is 20.3. The number of aromatic nitrogens is 2. The van der Waals surface area contributed by atoms with Crippen LogP contribution in [0.25, 0.3) is 10.9 Å². The van der Waals surface area contributed by atoms with Crippen LogP contribution in [0.2, 0.25) is 0 Å². The molecular formula is C24H31N3O2. The van der Waals surface area contributed by atoms with Crippen molar-refractivity contribution in [2.45, 2.75) is 51.9 Å². The van der Waals surface area contributed by atoms with E-state index in [0.717, 1.165) is 60.5 Å². The van der Waals surface area contributed by atoms with Crippen LogP contribution in [0.1, 0.15) is 51.3 Å². The summed E-state index contributed by atoms with van der Waals surface area (Å²) in [4.78, 5) is 9.04. The highest BCUT2D eigenvalue weighted by Crippen LogP contribution is 2.27. The maximum absolute atomic E-state index is 6.06. The molecule has 0 aliphatic heterocycles. The molecule has 1 aromatic heterocycles. The first-order chi connectivity index (χ1) is 14.3. The number of ether oxygens (including phenoxy) is 2. The van der Waals surface area contributed by atoms with Crippen molar-refractivity contribution in [2.24, 2.45) is 0 Å². The molecule has 0 saturated heterocycles. The molecule has 1 heterocycles. The number of fused-ring (bicyclic) bond motifs is 1. The first-order valence-electron chi connectivity index (χ1n) is 10.6. The third-order valence-electron chi connectivity index (χ3n) is 4.84. The van der Waals surface area contributed by atoms with Gasteiger partial charge < -0.3 is 15.2 Å². The minimum absolute atomic E-state index is 0.548. The number of nitrogens with two attached hydrogens (primary N) is 1. The molecule has 154 valence electrons. The average molecular weight is 394 g/mol. The summed E-state index contributed by atoms with van der Waals surface area (Å²) in [5.74, 6) is 2.98. The highest BCUT2D eigenvalue weighted by atomic mass is 16.5. The van der Waals surface area contributed by atoms with Crippen molar-refractivity contribution < 1.29 is 9.47 Å². The van der Waals surface area contributed by atoms with E-state index in [1.807, 2.05) is 48.5 Å². The molecular weight excluding hydrogens is 362 g/mol. The molecule has 2 N–H and O–H groups in total. The van der Waals surface area contributed by atoms with Gasteiger partial charge in [-0.3, -0.25) is 0 Å². The SMILES string of the molecule is CCCCCCOc1ccccc1OCCCCc1nc(N)c2ccccc2n1. The monoisotopic (exact) mass is 393 g/mol. The summed E-state index contributed by atoms with van der Waals surface area (Å²) >= 11 is 0. The lowest BCUT2D eigenvalue weighted by Gasteiger charge is -2.12. The molecule has 3 rings (SSSR count). The molecule has 0 saturated carbocycles. The molecule has 2 aromatic carbocycles. The molecule has 0 aliphatic rings. The van der Waals surface area contributed by atoms with Crippen LogP contribution >= 0.6 is 0 Å². The number of benzene rings is 2. The van der Waals surface area contributed by atoms with Crippen LogP contribution in [0.4, 0.5) is 5.82 Å². The van der Waals surface area contributed by atoms with E-state index in [9.17, 15) is 0 Å². The van der Waals surface area contributed by atoms with Crippen LogP contribution in [0.5, 0.6) is 11.5 Å². The van der Waals surface area contributed by atoms with Gasteiger partial charge in [-0.1, -0.05) is 50.5 Å². The number of para-hydroxylation sites is 3. The number of nitrogen functional groups attached to an aromatic ring is 1. The molecule has 0 aliphatic carbocycles. The number of hydrogen-bond acceptors (Lipinski definition) is 5. The normalized spacial score (nSPS) is 10.9. The molecule has 5 heteroatoms. The topological polar surface area (TPSA) is 70.3 Å². The van der Waals surface area contributed by atoms with Gasteiger partial charge in [-0.15, -0.1) is 0 Å². The number of rotatable bonds is 12. The summed E-state index contributed by atoms with van der Waals surface area (Å²) in [5.41, 5.74) is 6.96. The molecule has 0 atom stereocenters. The zero-order valence-corrected chi connectivity index (χ0v) is 17.3. The maximum atomic E-state index is 6.06. The second-order valence-corrected chi connectivity index (χ2v) is 7.20. The Hall–Kier alpha value is -2.82. The van der Waals surface area contributed by atoms with Crippen molar-refractivity contribution in [3.8, 4) is 11.5 Å². The number of nitrogens with zero attached hydrogens (tertiary/aromatic N) is 2. The van der Waals surface area contributed by atoms with E-state index in [2.05, 4.69) is 16.9 Å². The smallest absolute Gasteiger partial charge is 0.161 e. The van der Waals surface area contributed by atoms with Crippen LogP contribution in [0.3, 0.4) is 0 Å². The van der Waals surface area contributed by atoms with Gasteiger partial charge in [0.1, 0.15) is 11.6 Å². The highest BCUT2D eigenvalue weighted by Gasteiger charge is 2.06. The molecule has 0 bridgehead atoms. The van der Waals surface area contributed by atoms with Crippen molar-refractivity contribution in [1.82, 2.24) is 9.97 Å². The zero-order valence-electron chi connectivity index (χ0n) is 17.3. The van der Waals surface area contributed by atoms with Crippen LogP contribution in [-0.2, 0) is 6.42 Å². The number of unbranched alkanes of at least 4 members (excludes halogenated alkanes) is 4. The van der Waals surface area contributed by atoms with Crippen molar-refractivity contribution in [3.05, 3.63) is 54.4 Å². The fourth-order valence-corrected chi connectivity index (χ4v) is 3.23. The van der Waals surface area contributed by atoms with Gasteiger partial charge >= 0.3 is 0 Å². The van der Waals surface area contributed by atoms with Gasteiger partial charge in [0, 0.05) is 11.8 Å². The standard InChI is InChI=1S/C24H31N3O2/c1-2-3-4-10-17-28-21-14-7-8-15-22(21)29-18-11-9-16-23-26-20-13-6-5-12-19(20)24(25)27-23/h5-8,12-15H,2-4,9-11,16-18H2,1H3,(H2,25,26,27). The Morgan fingerprint density at radius 3 is 2.14 bits per heavy atom. The molecule has 0 amide bonds. The van der Waals surface area contributed by atoms with E-state index in [1.54, 1.807) is 0 Å². The minimum atomic E-state index is 0.548. The van der Waals surface area contributed by atoms with E-state index in [0.29, 0.717) is 12.4 Å². The first-order valence-corrected chi connectivity index (χ1v) is 10.6. The molecule has 0 fully saturated rings. The Kier molecular flexibility index (Phi) is 8.11. The molecule has 5 nitrogen and oxygen atoms in total. The third-order valence-corrected chi connectivity index (χ3v) is 4.84. The van der Waals surface area contributed by atoms with Crippen LogP contribution < -0.4 is 15.2 Å². The minimum Gasteiger partial charge on any atom is -0.490 e. The quantitative estimate of drug-likeness (QED) is 0.407. The summed E-state index contributed by atoms with van der Waals surface area (Å²) in [6.45, 7) is 3.59. The molecule has 0 radical (unpaired) electrons. The van der Waals surface area contributed by atoms with Crippen molar-refractivity contribution in [1.29, 1.82) is 0 Å².